The first-order valence-electron chi connectivity index (χ1n) is 9.49. The fraction of sp³-hybridized carbons (Fsp3) is 0.174. The molecule has 0 unspecified atom stereocenters. The lowest BCUT2D eigenvalue weighted by atomic mass is 9.92. The van der Waals surface area contributed by atoms with Crippen LogP contribution in [0, 0.1) is 0 Å². The molecule has 0 fully saturated rings. The average Bonchev–Trinajstić information content (AvgIpc) is 2.75. The summed E-state index contributed by atoms with van der Waals surface area (Å²) in [5.41, 5.74) is -9.62. The second-order valence-corrected chi connectivity index (χ2v) is 7.55. The molecule has 0 heterocycles. The first-order chi connectivity index (χ1) is 16.3. The number of alkyl halides is 12. The van der Waals surface area contributed by atoms with E-state index < -0.39 is 74.8 Å². The Morgan fingerprint density at radius 3 is 0.861 bits per heavy atom. The number of hydrogen-bond acceptors (Lipinski definition) is 1. The summed E-state index contributed by atoms with van der Waals surface area (Å²) >= 11 is 0. The van der Waals surface area contributed by atoms with Gasteiger partial charge in [0.05, 0.1) is 22.3 Å². The zero-order valence-corrected chi connectivity index (χ0v) is 17.2. The van der Waals surface area contributed by atoms with E-state index in [1.807, 2.05) is 0 Å². The van der Waals surface area contributed by atoms with Crippen LogP contribution in [0.5, 0.6) is 0 Å². The average molecular weight is 530 g/mol. The minimum absolute atomic E-state index is 0.0869. The number of rotatable bonds is 3. The topological polar surface area (TPSA) is 17.1 Å². The second kappa shape index (κ2) is 8.86. The quantitative estimate of drug-likeness (QED) is 0.244. The van der Waals surface area contributed by atoms with Crippen LogP contribution in [-0.4, -0.2) is 6.29 Å². The van der Waals surface area contributed by atoms with Crippen LogP contribution < -0.4 is 0 Å². The molecule has 36 heavy (non-hydrogen) atoms. The van der Waals surface area contributed by atoms with Crippen molar-refractivity contribution in [2.75, 3.05) is 0 Å². The van der Waals surface area contributed by atoms with E-state index in [1.54, 1.807) is 0 Å². The molecule has 0 aromatic heterocycles. The largest absolute Gasteiger partial charge is 0.416 e. The van der Waals surface area contributed by atoms with Crippen LogP contribution in [0.4, 0.5) is 52.7 Å². The van der Waals surface area contributed by atoms with Gasteiger partial charge in [-0.1, -0.05) is 0 Å². The van der Waals surface area contributed by atoms with Crippen molar-refractivity contribution in [1.82, 2.24) is 0 Å². The maximum atomic E-state index is 13.2. The SMILES string of the molecule is O=Cc1cc(-c2cc(C(F)(F)F)cc(C(F)(F)F)c2)cc(-c2cc(C(F)(F)F)cc(C(F)(F)F)c2)c1. The number of halogens is 12. The zero-order valence-electron chi connectivity index (χ0n) is 17.2. The lowest BCUT2D eigenvalue weighted by Crippen LogP contribution is -2.11. The Labute approximate surface area is 194 Å². The number of carbonyl (C=O) groups excluding carboxylic acids is 1. The second-order valence-electron chi connectivity index (χ2n) is 7.55. The summed E-state index contributed by atoms with van der Waals surface area (Å²) < 4.78 is 159. The number of hydrogen-bond donors (Lipinski definition) is 0. The summed E-state index contributed by atoms with van der Waals surface area (Å²) in [5.74, 6) is 0. The predicted octanol–water partition coefficient (Wildman–Crippen LogP) is 8.91. The van der Waals surface area contributed by atoms with E-state index in [1.165, 1.54) is 0 Å². The monoisotopic (exact) mass is 530 g/mol. The molecule has 0 saturated carbocycles. The molecule has 13 heteroatoms. The molecule has 192 valence electrons. The molecule has 3 aromatic carbocycles. The van der Waals surface area contributed by atoms with Crippen molar-refractivity contribution in [3.05, 3.63) is 82.4 Å². The molecule has 0 aliphatic carbocycles. The van der Waals surface area contributed by atoms with Gasteiger partial charge in [-0.2, -0.15) is 52.7 Å². The summed E-state index contributed by atoms with van der Waals surface area (Å²) in [5, 5.41) is 0. The van der Waals surface area contributed by atoms with Gasteiger partial charge in [-0.3, -0.25) is 4.79 Å². The van der Waals surface area contributed by atoms with E-state index in [2.05, 4.69) is 0 Å². The Morgan fingerprint density at radius 1 is 0.389 bits per heavy atom. The predicted molar refractivity (Wildman–Crippen MR) is 103 cm³/mol. The van der Waals surface area contributed by atoms with Crippen molar-refractivity contribution < 1.29 is 57.5 Å². The van der Waals surface area contributed by atoms with Crippen molar-refractivity contribution in [3.63, 3.8) is 0 Å². The number of benzene rings is 3. The van der Waals surface area contributed by atoms with Crippen LogP contribution >= 0.6 is 0 Å². The molecule has 0 spiro atoms. The van der Waals surface area contributed by atoms with Gasteiger partial charge in [-0.25, -0.2) is 0 Å². The summed E-state index contributed by atoms with van der Waals surface area (Å²) in [7, 11) is 0. The van der Waals surface area contributed by atoms with Crippen LogP contribution in [-0.2, 0) is 24.7 Å². The highest BCUT2D eigenvalue weighted by Gasteiger charge is 2.38. The lowest BCUT2D eigenvalue weighted by Gasteiger charge is -2.17. The van der Waals surface area contributed by atoms with Crippen molar-refractivity contribution in [3.8, 4) is 22.3 Å². The Balaban J connectivity index is 2.32. The Morgan fingerprint density at radius 2 is 0.639 bits per heavy atom. The maximum Gasteiger partial charge on any atom is 0.416 e. The molecular formula is C23H10F12O. The Kier molecular flexibility index (Phi) is 6.66. The molecule has 0 amide bonds. The van der Waals surface area contributed by atoms with Crippen LogP contribution in [0.2, 0.25) is 0 Å². The Bertz CT molecular complexity index is 1140. The normalized spacial score (nSPS) is 13.1. The van der Waals surface area contributed by atoms with E-state index in [-0.39, 0.29) is 18.4 Å². The third-order valence-corrected chi connectivity index (χ3v) is 4.93. The highest BCUT2D eigenvalue weighted by atomic mass is 19.4. The summed E-state index contributed by atoms with van der Waals surface area (Å²) in [4.78, 5) is 11.4. The van der Waals surface area contributed by atoms with Gasteiger partial charge < -0.3 is 0 Å². The molecule has 0 N–H and O–H groups in total. The van der Waals surface area contributed by atoms with Crippen LogP contribution in [0.3, 0.4) is 0 Å². The van der Waals surface area contributed by atoms with Crippen molar-refractivity contribution in [2.45, 2.75) is 24.7 Å². The molecule has 3 rings (SSSR count). The highest BCUT2D eigenvalue weighted by Crippen LogP contribution is 2.41. The highest BCUT2D eigenvalue weighted by molar-refractivity contribution is 5.84. The van der Waals surface area contributed by atoms with Gasteiger partial charge in [0.1, 0.15) is 6.29 Å². The first kappa shape index (κ1) is 27.1. The van der Waals surface area contributed by atoms with Gasteiger partial charge in [0.15, 0.2) is 0 Å². The minimum atomic E-state index is -5.22. The molecule has 3 aromatic rings. The van der Waals surface area contributed by atoms with Crippen LogP contribution in [0.25, 0.3) is 22.3 Å². The smallest absolute Gasteiger partial charge is 0.298 e. The number of carbonyl (C=O) groups is 1. The van der Waals surface area contributed by atoms with Crippen LogP contribution in [0.1, 0.15) is 32.6 Å². The molecule has 0 aliphatic rings. The summed E-state index contributed by atoms with van der Waals surface area (Å²) in [6.45, 7) is 0. The first-order valence-corrected chi connectivity index (χ1v) is 9.49. The van der Waals surface area contributed by atoms with Crippen LogP contribution in [0.15, 0.2) is 54.6 Å². The lowest BCUT2D eigenvalue weighted by molar-refractivity contribution is -0.144. The van der Waals surface area contributed by atoms with E-state index in [4.69, 9.17) is 0 Å². The van der Waals surface area contributed by atoms with Gasteiger partial charge in [0.2, 0.25) is 0 Å². The molecule has 0 bridgehead atoms. The molecule has 0 saturated heterocycles. The maximum absolute atomic E-state index is 13.2. The molecule has 0 radical (unpaired) electrons. The molecular weight excluding hydrogens is 520 g/mol. The van der Waals surface area contributed by atoms with Gasteiger partial charge in [0.25, 0.3) is 0 Å². The third-order valence-electron chi connectivity index (χ3n) is 4.93. The van der Waals surface area contributed by atoms with Crippen molar-refractivity contribution in [2.24, 2.45) is 0 Å². The van der Waals surface area contributed by atoms with Gasteiger partial charge in [-0.15, -0.1) is 0 Å². The Hall–Kier alpha value is -3.51. The van der Waals surface area contributed by atoms with Gasteiger partial charge in [-0.05, 0) is 76.9 Å². The van der Waals surface area contributed by atoms with Gasteiger partial charge in [0, 0.05) is 5.56 Å². The van der Waals surface area contributed by atoms with E-state index >= 15 is 0 Å². The van der Waals surface area contributed by atoms with E-state index in [9.17, 15) is 57.5 Å². The van der Waals surface area contributed by atoms with E-state index in [0.717, 1.165) is 18.2 Å². The molecule has 0 atom stereocenters. The molecule has 1 nitrogen and oxygen atoms in total. The van der Waals surface area contributed by atoms with Crippen molar-refractivity contribution in [1.29, 1.82) is 0 Å². The zero-order chi connectivity index (χ0) is 27.3. The standard InChI is InChI=1S/C23H10F12O/c24-20(25,26)16-4-14(5-17(8-16)21(27,28)29)12-1-11(10-36)2-13(3-12)15-6-18(22(30,31)32)9-19(7-15)23(33,34)35/h1-10H. The van der Waals surface area contributed by atoms with Gasteiger partial charge >= 0.3 is 24.7 Å². The number of aldehydes is 1. The van der Waals surface area contributed by atoms with E-state index in [0.29, 0.717) is 24.3 Å². The molecule has 0 aliphatic heterocycles. The fourth-order valence-electron chi connectivity index (χ4n) is 3.30. The summed E-state index contributed by atoms with van der Waals surface area (Å²) in [6, 6.07) is 3.44. The minimum Gasteiger partial charge on any atom is -0.298 e. The fourth-order valence-corrected chi connectivity index (χ4v) is 3.30. The summed E-state index contributed by atoms with van der Waals surface area (Å²) in [6.07, 6.45) is -20.8. The third kappa shape index (κ3) is 6.00. The van der Waals surface area contributed by atoms with Crippen molar-refractivity contribution >= 4 is 6.29 Å².